The Hall–Kier alpha value is -0.390. The molecule has 100 valence electrons. The molecule has 1 N–H and O–H groups in total. The van der Waals surface area contributed by atoms with E-state index in [4.69, 9.17) is 0 Å². The summed E-state index contributed by atoms with van der Waals surface area (Å²) >= 11 is 0. The molecule has 0 aromatic rings. The maximum Gasteiger partial charge on any atom is 0.422 e. The van der Waals surface area contributed by atoms with Crippen molar-refractivity contribution in [2.45, 2.75) is 50.3 Å². The fourth-order valence-electron chi connectivity index (χ4n) is 3.35. The van der Waals surface area contributed by atoms with E-state index in [9.17, 15) is 27.1 Å². The lowest BCUT2D eigenvalue weighted by Crippen LogP contribution is -2.52. The lowest BCUT2D eigenvalue weighted by Gasteiger charge is -2.34. The molecule has 4 atom stereocenters. The Labute approximate surface area is 96.0 Å². The first kappa shape index (κ1) is 13.1. The summed E-state index contributed by atoms with van der Waals surface area (Å²) < 4.78 is 62.6. The van der Waals surface area contributed by atoms with Crippen LogP contribution in [0.25, 0.3) is 0 Å². The zero-order chi connectivity index (χ0) is 12.8. The second-order valence-electron chi connectivity index (χ2n) is 5.36. The summed E-state index contributed by atoms with van der Waals surface area (Å²) in [6.45, 7) is 0. The van der Waals surface area contributed by atoms with Crippen LogP contribution in [0.15, 0.2) is 0 Å². The van der Waals surface area contributed by atoms with E-state index in [1.807, 2.05) is 0 Å². The maximum absolute atomic E-state index is 12.5. The Morgan fingerprint density at radius 1 is 1.12 bits per heavy atom. The third kappa shape index (κ3) is 2.16. The van der Waals surface area contributed by atoms with Gasteiger partial charge < -0.3 is 5.11 Å². The van der Waals surface area contributed by atoms with Crippen molar-refractivity contribution in [2.24, 2.45) is 17.8 Å². The first-order valence-corrected chi connectivity index (χ1v) is 5.81. The van der Waals surface area contributed by atoms with E-state index >= 15 is 0 Å². The standard InChI is InChI=1S/C11H15F5O/c12-9(13)10(17,11(14,15)16)5-8-4-6-1-2-7(8)3-6/h6-9,17H,1-5H2. The number of hydrogen-bond acceptors (Lipinski definition) is 1. The molecule has 17 heavy (non-hydrogen) atoms. The van der Waals surface area contributed by atoms with E-state index in [0.29, 0.717) is 12.3 Å². The molecular formula is C11H15F5O. The highest BCUT2D eigenvalue weighted by molar-refractivity contribution is 4.98. The van der Waals surface area contributed by atoms with Crippen molar-refractivity contribution in [1.29, 1.82) is 0 Å². The predicted octanol–water partition coefficient (Wildman–Crippen LogP) is 3.37. The second kappa shape index (κ2) is 4.07. The van der Waals surface area contributed by atoms with Crippen LogP contribution in [0.4, 0.5) is 22.0 Å². The summed E-state index contributed by atoms with van der Waals surface area (Å²) in [6, 6.07) is 0. The number of rotatable bonds is 3. The minimum atomic E-state index is -5.26. The normalized spacial score (nSPS) is 36.5. The monoisotopic (exact) mass is 258 g/mol. The Kier molecular flexibility index (Phi) is 3.13. The molecule has 0 heterocycles. The van der Waals surface area contributed by atoms with Crippen molar-refractivity contribution < 1.29 is 27.1 Å². The molecule has 2 saturated carbocycles. The first-order chi connectivity index (χ1) is 7.74. The summed E-state index contributed by atoms with van der Waals surface area (Å²) in [5, 5.41) is 9.24. The highest BCUT2D eigenvalue weighted by Gasteiger charge is 2.62. The molecule has 2 aliphatic carbocycles. The molecule has 2 bridgehead atoms. The van der Waals surface area contributed by atoms with E-state index in [-0.39, 0.29) is 5.92 Å². The molecular weight excluding hydrogens is 243 g/mol. The zero-order valence-corrected chi connectivity index (χ0v) is 9.18. The lowest BCUT2D eigenvalue weighted by molar-refractivity contribution is -0.304. The summed E-state index contributed by atoms with van der Waals surface area (Å²) in [4.78, 5) is 0. The molecule has 0 saturated heterocycles. The molecule has 0 aromatic carbocycles. The van der Waals surface area contributed by atoms with Gasteiger partial charge in [-0.15, -0.1) is 0 Å². The summed E-state index contributed by atoms with van der Waals surface area (Å²) in [5.74, 6) is 0.0576. The Balaban J connectivity index is 2.09. The molecule has 2 aliphatic rings. The van der Waals surface area contributed by atoms with Crippen molar-refractivity contribution in [3.8, 4) is 0 Å². The smallest absolute Gasteiger partial charge is 0.376 e. The average Bonchev–Trinajstić information content (AvgIpc) is 2.76. The molecule has 0 radical (unpaired) electrons. The highest BCUT2D eigenvalue weighted by Crippen LogP contribution is 2.53. The van der Waals surface area contributed by atoms with Gasteiger partial charge in [-0.1, -0.05) is 6.42 Å². The van der Waals surface area contributed by atoms with E-state index in [2.05, 4.69) is 0 Å². The largest absolute Gasteiger partial charge is 0.422 e. The molecule has 0 amide bonds. The number of alkyl halides is 5. The van der Waals surface area contributed by atoms with Crippen LogP contribution in [0.1, 0.15) is 32.1 Å². The van der Waals surface area contributed by atoms with E-state index < -0.39 is 30.5 Å². The summed E-state index contributed by atoms with van der Waals surface area (Å²) in [5.41, 5.74) is -3.83. The topological polar surface area (TPSA) is 20.2 Å². The Bertz CT molecular complexity index is 290. The lowest BCUT2D eigenvalue weighted by atomic mass is 9.80. The van der Waals surface area contributed by atoms with Crippen molar-refractivity contribution in [2.75, 3.05) is 0 Å². The van der Waals surface area contributed by atoms with Gasteiger partial charge in [0.05, 0.1) is 0 Å². The summed E-state index contributed by atoms with van der Waals surface area (Å²) in [7, 11) is 0. The molecule has 0 aromatic heterocycles. The molecule has 6 heteroatoms. The van der Waals surface area contributed by atoms with E-state index in [1.165, 1.54) is 0 Å². The zero-order valence-electron chi connectivity index (χ0n) is 9.18. The molecule has 1 nitrogen and oxygen atoms in total. The number of halogens is 5. The van der Waals surface area contributed by atoms with Crippen LogP contribution in [0.3, 0.4) is 0 Å². The van der Waals surface area contributed by atoms with Crippen molar-refractivity contribution in [3.63, 3.8) is 0 Å². The van der Waals surface area contributed by atoms with Gasteiger partial charge in [0.15, 0.2) is 0 Å². The molecule has 0 spiro atoms. The maximum atomic E-state index is 12.5. The number of fused-ring (bicyclic) bond motifs is 2. The molecule has 4 unspecified atom stereocenters. The minimum Gasteiger partial charge on any atom is -0.376 e. The fourth-order valence-corrected chi connectivity index (χ4v) is 3.35. The van der Waals surface area contributed by atoms with Crippen LogP contribution in [0.5, 0.6) is 0 Å². The van der Waals surface area contributed by atoms with Gasteiger partial charge in [0.25, 0.3) is 6.43 Å². The van der Waals surface area contributed by atoms with Crippen LogP contribution in [0.2, 0.25) is 0 Å². The van der Waals surface area contributed by atoms with Crippen molar-refractivity contribution >= 4 is 0 Å². The molecule has 0 aliphatic heterocycles. The van der Waals surface area contributed by atoms with E-state index in [1.54, 1.807) is 0 Å². The van der Waals surface area contributed by atoms with Gasteiger partial charge in [0.1, 0.15) is 0 Å². The fraction of sp³-hybridized carbons (Fsp3) is 1.00. The minimum absolute atomic E-state index is 0.0904. The van der Waals surface area contributed by atoms with Gasteiger partial charge in [-0.25, -0.2) is 8.78 Å². The van der Waals surface area contributed by atoms with Crippen LogP contribution >= 0.6 is 0 Å². The summed E-state index contributed by atoms with van der Waals surface area (Å²) in [6.07, 6.45) is -6.70. The van der Waals surface area contributed by atoms with Gasteiger partial charge in [0.2, 0.25) is 5.60 Å². The number of aliphatic hydroxyl groups is 1. The first-order valence-electron chi connectivity index (χ1n) is 5.81. The Morgan fingerprint density at radius 3 is 2.12 bits per heavy atom. The highest BCUT2D eigenvalue weighted by atomic mass is 19.4. The van der Waals surface area contributed by atoms with Crippen LogP contribution in [-0.2, 0) is 0 Å². The van der Waals surface area contributed by atoms with Crippen LogP contribution in [0, 0.1) is 17.8 Å². The second-order valence-corrected chi connectivity index (χ2v) is 5.36. The predicted molar refractivity (Wildman–Crippen MR) is 50.6 cm³/mol. The average molecular weight is 258 g/mol. The van der Waals surface area contributed by atoms with Gasteiger partial charge in [-0.3, -0.25) is 0 Å². The van der Waals surface area contributed by atoms with Gasteiger partial charge >= 0.3 is 6.18 Å². The molecule has 2 rings (SSSR count). The van der Waals surface area contributed by atoms with Crippen molar-refractivity contribution in [1.82, 2.24) is 0 Å². The molecule has 2 fully saturated rings. The third-order valence-corrected chi connectivity index (χ3v) is 4.31. The third-order valence-electron chi connectivity index (χ3n) is 4.31. The number of hydrogen-bond donors (Lipinski definition) is 1. The van der Waals surface area contributed by atoms with Crippen molar-refractivity contribution in [3.05, 3.63) is 0 Å². The quantitative estimate of drug-likeness (QED) is 0.769. The van der Waals surface area contributed by atoms with Gasteiger partial charge in [0, 0.05) is 0 Å². The van der Waals surface area contributed by atoms with Gasteiger partial charge in [-0.05, 0) is 43.4 Å². The van der Waals surface area contributed by atoms with E-state index in [0.717, 1.165) is 19.3 Å². The van der Waals surface area contributed by atoms with Crippen LogP contribution in [-0.4, -0.2) is 23.3 Å². The van der Waals surface area contributed by atoms with Crippen LogP contribution < -0.4 is 0 Å². The van der Waals surface area contributed by atoms with Gasteiger partial charge in [-0.2, -0.15) is 13.2 Å². The SMILES string of the molecule is OC(CC1CC2CCC1C2)(C(F)F)C(F)(F)F. The Morgan fingerprint density at radius 2 is 1.76 bits per heavy atom.